The van der Waals surface area contributed by atoms with Crippen LogP contribution in [-0.4, -0.2) is 34.2 Å². The molecule has 1 amide bonds. The fourth-order valence-electron chi connectivity index (χ4n) is 3.25. The lowest BCUT2D eigenvalue weighted by Crippen LogP contribution is -2.16. The summed E-state index contributed by atoms with van der Waals surface area (Å²) in [7, 11) is 0. The van der Waals surface area contributed by atoms with Crippen molar-refractivity contribution in [3.63, 3.8) is 0 Å². The molecule has 3 aromatic heterocycles. The van der Waals surface area contributed by atoms with E-state index in [1.165, 1.54) is 34.3 Å². The zero-order valence-electron chi connectivity index (χ0n) is 18.1. The van der Waals surface area contributed by atoms with Crippen molar-refractivity contribution >= 4 is 73.1 Å². The Bertz CT molecular complexity index is 1330. The number of esters is 1. The van der Waals surface area contributed by atoms with Gasteiger partial charge in [-0.2, -0.15) is 0 Å². The molecular weight excluding hydrogens is 498 g/mol. The molecule has 0 bridgehead atoms. The van der Waals surface area contributed by atoms with Gasteiger partial charge in [0, 0.05) is 26.2 Å². The summed E-state index contributed by atoms with van der Waals surface area (Å²) in [5.74, 6) is -0.559. The molecule has 0 aliphatic carbocycles. The summed E-state index contributed by atoms with van der Waals surface area (Å²) in [4.78, 5) is 36.3. The third-order valence-corrected chi connectivity index (χ3v) is 8.20. The molecule has 0 saturated carbocycles. The first-order chi connectivity index (χ1) is 15.9. The number of carbonyl (C=O) groups is 2. The summed E-state index contributed by atoms with van der Waals surface area (Å²) in [6, 6.07) is 7.18. The van der Waals surface area contributed by atoms with E-state index in [9.17, 15) is 9.59 Å². The first kappa shape index (κ1) is 23.7. The van der Waals surface area contributed by atoms with Gasteiger partial charge in [-0.05, 0) is 44.0 Å². The van der Waals surface area contributed by atoms with E-state index < -0.39 is 5.97 Å². The fraction of sp³-hybridized carbons (Fsp3) is 0.217. The quantitative estimate of drug-likeness (QED) is 0.169. The molecule has 4 rings (SSSR count). The monoisotopic (exact) mass is 517 g/mol. The lowest BCUT2D eigenvalue weighted by atomic mass is 10.0. The van der Waals surface area contributed by atoms with Gasteiger partial charge in [0.2, 0.25) is 5.91 Å². The molecule has 0 aliphatic heterocycles. The number of thioether (sulfide) groups is 1. The number of anilines is 1. The van der Waals surface area contributed by atoms with Crippen LogP contribution < -0.4 is 5.32 Å². The van der Waals surface area contributed by atoms with E-state index in [0.29, 0.717) is 21.2 Å². The van der Waals surface area contributed by atoms with Crippen molar-refractivity contribution in [3.8, 4) is 11.1 Å². The molecule has 33 heavy (non-hydrogen) atoms. The van der Waals surface area contributed by atoms with Crippen molar-refractivity contribution in [2.45, 2.75) is 25.8 Å². The van der Waals surface area contributed by atoms with Gasteiger partial charge in [-0.25, -0.2) is 14.8 Å². The highest BCUT2D eigenvalue weighted by atomic mass is 35.5. The standard InChI is InChI=1S/C23H20ClN3O3S3/c1-4-30-23(29)19-16(14-5-7-15(24)8-6-14)9-31-22(19)27-17(28)10-32-20-18-12(2)13(3)33-21(18)26-11-25-20/h5-9,11H,4,10H2,1-3H3,(H,27,28). The maximum absolute atomic E-state index is 12.8. The second-order valence-corrected chi connectivity index (χ2v) is 10.5. The van der Waals surface area contributed by atoms with Crippen LogP contribution in [0, 0.1) is 13.8 Å². The van der Waals surface area contributed by atoms with Crippen molar-refractivity contribution in [2.75, 3.05) is 17.7 Å². The minimum atomic E-state index is -0.478. The number of rotatable bonds is 7. The van der Waals surface area contributed by atoms with Gasteiger partial charge < -0.3 is 10.1 Å². The number of aromatic nitrogens is 2. The lowest BCUT2D eigenvalue weighted by molar-refractivity contribution is -0.113. The molecule has 0 unspecified atom stereocenters. The molecule has 3 heterocycles. The number of halogens is 1. The minimum absolute atomic E-state index is 0.150. The Balaban J connectivity index is 1.56. The summed E-state index contributed by atoms with van der Waals surface area (Å²) in [5, 5.41) is 7.54. The summed E-state index contributed by atoms with van der Waals surface area (Å²) >= 11 is 10.3. The van der Waals surface area contributed by atoms with Gasteiger partial charge in [0.25, 0.3) is 0 Å². The number of fused-ring (bicyclic) bond motifs is 1. The maximum atomic E-state index is 12.8. The van der Waals surface area contributed by atoms with Crippen molar-refractivity contribution in [1.29, 1.82) is 0 Å². The number of hydrogen-bond acceptors (Lipinski definition) is 8. The van der Waals surface area contributed by atoms with Gasteiger partial charge in [-0.15, -0.1) is 22.7 Å². The summed E-state index contributed by atoms with van der Waals surface area (Å²) in [6.07, 6.45) is 1.52. The van der Waals surface area contributed by atoms with Crippen LogP contribution >= 0.6 is 46.0 Å². The molecule has 170 valence electrons. The van der Waals surface area contributed by atoms with Gasteiger partial charge in [0.05, 0.1) is 12.4 Å². The van der Waals surface area contributed by atoms with Gasteiger partial charge in [0.15, 0.2) is 0 Å². The zero-order valence-corrected chi connectivity index (χ0v) is 21.3. The molecule has 0 radical (unpaired) electrons. The smallest absolute Gasteiger partial charge is 0.341 e. The number of nitrogens with one attached hydrogen (secondary N) is 1. The molecule has 0 spiro atoms. The van der Waals surface area contributed by atoms with E-state index in [-0.39, 0.29) is 18.3 Å². The van der Waals surface area contributed by atoms with Crippen molar-refractivity contribution in [1.82, 2.24) is 9.97 Å². The van der Waals surface area contributed by atoms with Crippen molar-refractivity contribution in [2.24, 2.45) is 0 Å². The number of carbonyl (C=O) groups excluding carboxylic acids is 2. The second kappa shape index (κ2) is 10.2. The number of hydrogen-bond donors (Lipinski definition) is 1. The zero-order chi connectivity index (χ0) is 23.5. The number of aryl methyl sites for hydroxylation is 2. The van der Waals surface area contributed by atoms with Crippen LogP contribution in [0.2, 0.25) is 5.02 Å². The van der Waals surface area contributed by atoms with Gasteiger partial charge in [-0.1, -0.05) is 35.5 Å². The summed E-state index contributed by atoms with van der Waals surface area (Å²) in [5.41, 5.74) is 2.99. The van der Waals surface area contributed by atoms with Gasteiger partial charge in [-0.3, -0.25) is 4.79 Å². The van der Waals surface area contributed by atoms with E-state index in [4.69, 9.17) is 16.3 Å². The molecular formula is C23H20ClN3O3S3. The molecule has 6 nitrogen and oxygen atoms in total. The number of benzene rings is 1. The Hall–Kier alpha value is -2.46. The molecule has 10 heteroatoms. The molecule has 1 N–H and O–H groups in total. The molecule has 0 fully saturated rings. The summed E-state index contributed by atoms with van der Waals surface area (Å²) < 4.78 is 5.26. The third kappa shape index (κ3) is 5.06. The highest BCUT2D eigenvalue weighted by Gasteiger charge is 2.23. The van der Waals surface area contributed by atoms with Crippen LogP contribution in [0.3, 0.4) is 0 Å². The molecule has 4 aromatic rings. The Labute approximate surface area is 208 Å². The van der Waals surface area contributed by atoms with E-state index in [2.05, 4.69) is 22.2 Å². The summed E-state index contributed by atoms with van der Waals surface area (Å²) in [6.45, 7) is 6.07. The predicted octanol–water partition coefficient (Wildman–Crippen LogP) is 6.60. The second-order valence-electron chi connectivity index (χ2n) is 7.06. The topological polar surface area (TPSA) is 81.2 Å². The Kier molecular flexibility index (Phi) is 7.33. The van der Waals surface area contributed by atoms with Crippen LogP contribution in [-0.2, 0) is 9.53 Å². The number of ether oxygens (including phenoxy) is 1. The lowest BCUT2D eigenvalue weighted by Gasteiger charge is -2.09. The largest absolute Gasteiger partial charge is 0.462 e. The Morgan fingerprint density at radius 2 is 1.94 bits per heavy atom. The molecule has 0 aliphatic rings. The number of nitrogens with zero attached hydrogens (tertiary/aromatic N) is 2. The highest BCUT2D eigenvalue weighted by Crippen LogP contribution is 2.37. The average Bonchev–Trinajstić information content (AvgIpc) is 3.34. The normalized spacial score (nSPS) is 11.0. The van der Waals surface area contributed by atoms with E-state index >= 15 is 0 Å². The van der Waals surface area contributed by atoms with Gasteiger partial charge in [0.1, 0.15) is 26.7 Å². The van der Waals surface area contributed by atoms with Gasteiger partial charge >= 0.3 is 5.97 Å². The van der Waals surface area contributed by atoms with E-state index in [1.54, 1.807) is 30.4 Å². The molecule has 0 atom stereocenters. The average molecular weight is 518 g/mol. The van der Waals surface area contributed by atoms with Crippen LogP contribution in [0.5, 0.6) is 0 Å². The number of amides is 1. The van der Waals surface area contributed by atoms with Crippen LogP contribution in [0.1, 0.15) is 27.7 Å². The first-order valence-electron chi connectivity index (χ1n) is 10.1. The number of thiophene rings is 2. The first-order valence-corrected chi connectivity index (χ1v) is 13.1. The molecule has 1 aromatic carbocycles. The van der Waals surface area contributed by atoms with Crippen LogP contribution in [0.15, 0.2) is 41.0 Å². The van der Waals surface area contributed by atoms with Crippen molar-refractivity contribution in [3.05, 3.63) is 57.0 Å². The van der Waals surface area contributed by atoms with E-state index in [0.717, 1.165) is 26.4 Å². The minimum Gasteiger partial charge on any atom is -0.462 e. The highest BCUT2D eigenvalue weighted by molar-refractivity contribution is 8.00. The Morgan fingerprint density at radius 3 is 2.67 bits per heavy atom. The predicted molar refractivity (Wildman–Crippen MR) is 137 cm³/mol. The van der Waals surface area contributed by atoms with Crippen molar-refractivity contribution < 1.29 is 14.3 Å². The van der Waals surface area contributed by atoms with Crippen LogP contribution in [0.25, 0.3) is 21.3 Å². The maximum Gasteiger partial charge on any atom is 0.341 e. The van der Waals surface area contributed by atoms with E-state index in [1.807, 2.05) is 24.4 Å². The van der Waals surface area contributed by atoms with Crippen LogP contribution in [0.4, 0.5) is 5.00 Å². The SMILES string of the molecule is CCOC(=O)c1c(-c2ccc(Cl)cc2)csc1NC(=O)CSc1ncnc2sc(C)c(C)c12. The molecule has 0 saturated heterocycles. The third-order valence-electron chi connectivity index (χ3n) is 4.95. The Morgan fingerprint density at radius 1 is 1.18 bits per heavy atom. The fourth-order valence-corrected chi connectivity index (χ4v) is 6.27.